The van der Waals surface area contributed by atoms with Gasteiger partial charge >= 0.3 is 0 Å². The van der Waals surface area contributed by atoms with Crippen LogP contribution in [0.3, 0.4) is 0 Å². The third-order valence-electron chi connectivity index (χ3n) is 2.80. The number of carbonyl (C=O) groups excluding carboxylic acids is 1. The van der Waals surface area contributed by atoms with E-state index in [4.69, 9.17) is 5.84 Å². The summed E-state index contributed by atoms with van der Waals surface area (Å²) in [6, 6.07) is 0. The monoisotopic (exact) mass is 267 g/mol. The summed E-state index contributed by atoms with van der Waals surface area (Å²) in [5.41, 5.74) is 2.59. The van der Waals surface area contributed by atoms with Crippen molar-refractivity contribution in [2.24, 2.45) is 5.84 Å². The first-order valence-corrected chi connectivity index (χ1v) is 7.00. The van der Waals surface area contributed by atoms with Crippen LogP contribution in [0.4, 0.5) is 5.82 Å². The number of nitrogens with one attached hydrogen (secondary N) is 1. The molecule has 7 heteroatoms. The molecular formula is C11H17N5OS. The fraction of sp³-hybridized carbons (Fsp3) is 0.545. The van der Waals surface area contributed by atoms with Gasteiger partial charge < -0.3 is 4.90 Å². The fourth-order valence-electron chi connectivity index (χ4n) is 1.96. The molecule has 0 unspecified atom stereocenters. The molecule has 0 aliphatic carbocycles. The predicted octanol–water partition coefficient (Wildman–Crippen LogP) is 0.792. The summed E-state index contributed by atoms with van der Waals surface area (Å²) in [4.78, 5) is 22.5. The maximum atomic E-state index is 11.7. The van der Waals surface area contributed by atoms with Gasteiger partial charge in [-0.15, -0.1) is 0 Å². The molecule has 0 spiro atoms. The number of hydrogen-bond acceptors (Lipinski definition) is 6. The molecule has 1 saturated heterocycles. The Kier molecular flexibility index (Phi) is 4.38. The minimum Gasteiger partial charge on any atom is -0.356 e. The van der Waals surface area contributed by atoms with Crippen LogP contribution in [0.2, 0.25) is 0 Å². The van der Waals surface area contributed by atoms with E-state index in [9.17, 15) is 4.79 Å². The van der Waals surface area contributed by atoms with Crippen molar-refractivity contribution in [2.75, 3.05) is 23.7 Å². The van der Waals surface area contributed by atoms with Crippen LogP contribution in [0.25, 0.3) is 0 Å². The van der Waals surface area contributed by atoms with Crippen LogP contribution >= 0.6 is 11.8 Å². The number of thioether (sulfide) groups is 1. The highest BCUT2D eigenvalue weighted by Gasteiger charge is 2.21. The van der Waals surface area contributed by atoms with Gasteiger partial charge in [-0.3, -0.25) is 10.2 Å². The summed E-state index contributed by atoms with van der Waals surface area (Å²) >= 11 is 1.56. The standard InChI is InChI=1S/C11H17N5OS/c1-2-18-11-13-7-8(10(17)15-12)9(14-11)16-5-3-4-6-16/h7H,2-6,12H2,1H3,(H,15,17). The molecule has 0 bridgehead atoms. The van der Waals surface area contributed by atoms with Crippen molar-refractivity contribution in [2.45, 2.75) is 24.9 Å². The molecule has 1 aromatic heterocycles. The number of aromatic nitrogens is 2. The molecule has 3 N–H and O–H groups in total. The minimum absolute atomic E-state index is 0.343. The number of rotatable bonds is 4. The van der Waals surface area contributed by atoms with Crippen molar-refractivity contribution >= 4 is 23.5 Å². The topological polar surface area (TPSA) is 84.1 Å². The average molecular weight is 267 g/mol. The van der Waals surface area contributed by atoms with Gasteiger partial charge in [-0.1, -0.05) is 18.7 Å². The zero-order chi connectivity index (χ0) is 13.0. The molecular weight excluding hydrogens is 250 g/mol. The predicted molar refractivity (Wildman–Crippen MR) is 71.5 cm³/mol. The van der Waals surface area contributed by atoms with Gasteiger partial charge in [0.15, 0.2) is 5.16 Å². The molecule has 6 nitrogen and oxygen atoms in total. The fourth-order valence-corrected chi connectivity index (χ4v) is 2.50. The van der Waals surface area contributed by atoms with E-state index in [1.165, 1.54) is 0 Å². The van der Waals surface area contributed by atoms with Crippen molar-refractivity contribution in [1.82, 2.24) is 15.4 Å². The number of nitrogens with two attached hydrogens (primary N) is 1. The van der Waals surface area contributed by atoms with Gasteiger partial charge in [0.1, 0.15) is 11.4 Å². The molecule has 1 amide bonds. The number of anilines is 1. The highest BCUT2D eigenvalue weighted by atomic mass is 32.2. The second kappa shape index (κ2) is 6.01. The lowest BCUT2D eigenvalue weighted by atomic mass is 10.3. The second-order valence-corrected chi connectivity index (χ2v) is 5.22. The number of carbonyl (C=O) groups is 1. The van der Waals surface area contributed by atoms with Gasteiger partial charge in [-0.05, 0) is 18.6 Å². The first-order valence-electron chi connectivity index (χ1n) is 6.02. The molecule has 18 heavy (non-hydrogen) atoms. The molecule has 98 valence electrons. The number of nitrogen functional groups attached to an aromatic ring is 1. The average Bonchev–Trinajstić information content (AvgIpc) is 2.92. The molecule has 0 atom stereocenters. The number of hydrazine groups is 1. The van der Waals surface area contributed by atoms with Gasteiger partial charge in [0.05, 0.1) is 0 Å². The van der Waals surface area contributed by atoms with E-state index in [-0.39, 0.29) is 5.91 Å². The van der Waals surface area contributed by atoms with E-state index in [2.05, 4.69) is 20.3 Å². The summed E-state index contributed by atoms with van der Waals surface area (Å²) in [7, 11) is 0. The SMILES string of the molecule is CCSc1ncc(C(=O)NN)c(N2CCCC2)n1. The van der Waals surface area contributed by atoms with Crippen LogP contribution in [-0.4, -0.2) is 34.7 Å². The first-order chi connectivity index (χ1) is 8.76. The molecule has 2 rings (SSSR count). The molecule has 1 aliphatic heterocycles. The molecule has 1 aromatic rings. The Labute approximate surface area is 110 Å². The Morgan fingerprint density at radius 3 is 2.89 bits per heavy atom. The van der Waals surface area contributed by atoms with Crippen molar-refractivity contribution in [1.29, 1.82) is 0 Å². The zero-order valence-electron chi connectivity index (χ0n) is 10.3. The van der Waals surface area contributed by atoms with Crippen molar-refractivity contribution < 1.29 is 4.79 Å². The van der Waals surface area contributed by atoms with E-state index in [1.807, 2.05) is 6.92 Å². The van der Waals surface area contributed by atoms with E-state index < -0.39 is 0 Å². The lowest BCUT2D eigenvalue weighted by Crippen LogP contribution is -2.33. The highest BCUT2D eigenvalue weighted by molar-refractivity contribution is 7.99. The third-order valence-corrected chi connectivity index (χ3v) is 3.54. The van der Waals surface area contributed by atoms with Crippen LogP contribution in [0.15, 0.2) is 11.4 Å². The van der Waals surface area contributed by atoms with E-state index in [1.54, 1.807) is 18.0 Å². The number of amides is 1. The maximum absolute atomic E-state index is 11.7. The Morgan fingerprint density at radius 1 is 1.56 bits per heavy atom. The number of nitrogens with zero attached hydrogens (tertiary/aromatic N) is 3. The largest absolute Gasteiger partial charge is 0.356 e. The molecule has 0 saturated carbocycles. The normalized spacial score (nSPS) is 14.9. The van der Waals surface area contributed by atoms with Crippen LogP contribution in [0.1, 0.15) is 30.1 Å². The van der Waals surface area contributed by atoms with Crippen LogP contribution in [0, 0.1) is 0 Å². The lowest BCUT2D eigenvalue weighted by molar-refractivity contribution is 0.0953. The van der Waals surface area contributed by atoms with Gasteiger partial charge in [-0.25, -0.2) is 15.8 Å². The van der Waals surface area contributed by atoms with Gasteiger partial charge in [0.25, 0.3) is 5.91 Å². The Bertz CT molecular complexity index is 433. The van der Waals surface area contributed by atoms with Crippen LogP contribution < -0.4 is 16.2 Å². The van der Waals surface area contributed by atoms with E-state index in [0.29, 0.717) is 16.5 Å². The zero-order valence-corrected chi connectivity index (χ0v) is 11.2. The summed E-state index contributed by atoms with van der Waals surface area (Å²) < 4.78 is 0. The van der Waals surface area contributed by atoms with Crippen LogP contribution in [-0.2, 0) is 0 Å². The summed E-state index contributed by atoms with van der Waals surface area (Å²) in [6.45, 7) is 3.90. The highest BCUT2D eigenvalue weighted by Crippen LogP contribution is 2.24. The Hall–Kier alpha value is -1.34. The van der Waals surface area contributed by atoms with Gasteiger partial charge in [-0.2, -0.15) is 0 Å². The number of hydrogen-bond donors (Lipinski definition) is 2. The Morgan fingerprint density at radius 2 is 2.28 bits per heavy atom. The molecule has 0 radical (unpaired) electrons. The summed E-state index contributed by atoms with van der Waals surface area (Å²) in [5, 5.41) is 0.702. The first kappa shape index (κ1) is 13.1. The molecule has 1 aliphatic rings. The van der Waals surface area contributed by atoms with Crippen molar-refractivity contribution in [3.8, 4) is 0 Å². The minimum atomic E-state index is -0.343. The smallest absolute Gasteiger partial charge is 0.270 e. The lowest BCUT2D eigenvalue weighted by Gasteiger charge is -2.19. The maximum Gasteiger partial charge on any atom is 0.270 e. The third kappa shape index (κ3) is 2.73. The van der Waals surface area contributed by atoms with E-state index in [0.717, 1.165) is 31.7 Å². The molecule has 0 aromatic carbocycles. The second-order valence-electron chi connectivity index (χ2n) is 3.99. The van der Waals surface area contributed by atoms with Gasteiger partial charge in [0, 0.05) is 19.3 Å². The summed E-state index contributed by atoms with van der Waals surface area (Å²) in [6.07, 6.45) is 3.81. The van der Waals surface area contributed by atoms with Gasteiger partial charge in [0.2, 0.25) is 0 Å². The van der Waals surface area contributed by atoms with Crippen molar-refractivity contribution in [3.05, 3.63) is 11.8 Å². The molecule has 1 fully saturated rings. The van der Waals surface area contributed by atoms with Crippen molar-refractivity contribution in [3.63, 3.8) is 0 Å². The molecule has 2 heterocycles. The Balaban J connectivity index is 2.35. The summed E-state index contributed by atoms with van der Waals surface area (Å²) in [5.74, 6) is 6.45. The van der Waals surface area contributed by atoms with Crippen LogP contribution in [0.5, 0.6) is 0 Å². The quantitative estimate of drug-likeness (QED) is 0.276. The van der Waals surface area contributed by atoms with E-state index >= 15 is 0 Å².